The molecule has 0 spiro atoms. The van der Waals surface area contributed by atoms with Crippen molar-refractivity contribution < 1.29 is 0 Å². The molecule has 3 atom stereocenters. The number of piperazine rings is 1. The summed E-state index contributed by atoms with van der Waals surface area (Å²) in [5.41, 5.74) is 0. The van der Waals surface area contributed by atoms with Crippen molar-refractivity contribution in [3.63, 3.8) is 0 Å². The van der Waals surface area contributed by atoms with Crippen LogP contribution in [0.4, 0.5) is 0 Å². The van der Waals surface area contributed by atoms with Crippen molar-refractivity contribution in [2.75, 3.05) is 13.1 Å². The zero-order valence-corrected chi connectivity index (χ0v) is 11.6. The van der Waals surface area contributed by atoms with Crippen LogP contribution in [0.3, 0.4) is 0 Å². The van der Waals surface area contributed by atoms with Gasteiger partial charge in [0.2, 0.25) is 0 Å². The number of hydrogen-bond acceptors (Lipinski definition) is 4. The summed E-state index contributed by atoms with van der Waals surface area (Å²) in [6.45, 7) is 9.86. The van der Waals surface area contributed by atoms with Gasteiger partial charge in [-0.2, -0.15) is 0 Å². The number of nitrogens with one attached hydrogen (secondary N) is 1. The van der Waals surface area contributed by atoms with Crippen molar-refractivity contribution in [1.29, 1.82) is 0 Å². The zero-order chi connectivity index (χ0) is 13.0. The first-order valence-electron chi connectivity index (χ1n) is 6.94. The van der Waals surface area contributed by atoms with Crippen molar-refractivity contribution in [3.05, 3.63) is 24.3 Å². The number of rotatable bonds is 4. The summed E-state index contributed by atoms with van der Waals surface area (Å²) in [7, 11) is 0. The van der Waals surface area contributed by atoms with Crippen LogP contribution in [-0.4, -0.2) is 40.0 Å². The Morgan fingerprint density at radius 1 is 1.44 bits per heavy atom. The van der Waals surface area contributed by atoms with E-state index < -0.39 is 0 Å². The highest BCUT2D eigenvalue weighted by molar-refractivity contribution is 4.92. The summed E-state index contributed by atoms with van der Waals surface area (Å²) in [5, 5.41) is 3.65. The first-order valence-corrected chi connectivity index (χ1v) is 6.94. The third kappa shape index (κ3) is 3.27. The lowest BCUT2D eigenvalue weighted by molar-refractivity contribution is 0.109. The smallest absolute Gasteiger partial charge is 0.142 e. The first-order chi connectivity index (χ1) is 8.70. The standard InChI is InChI=1S/C14H24N4/c1-4-11(2)13-9-18(12(3)8-17-13)10-14-15-6-5-7-16-14/h5-7,11-13,17H,4,8-10H2,1-3H3. The Balaban J connectivity index is 1.97. The minimum Gasteiger partial charge on any atom is -0.311 e. The number of nitrogens with zero attached hydrogens (tertiary/aromatic N) is 3. The van der Waals surface area contributed by atoms with E-state index >= 15 is 0 Å². The third-order valence-electron chi connectivity index (χ3n) is 4.02. The van der Waals surface area contributed by atoms with E-state index in [1.165, 1.54) is 6.42 Å². The van der Waals surface area contributed by atoms with Crippen molar-refractivity contribution >= 4 is 0 Å². The molecule has 100 valence electrons. The average Bonchev–Trinajstić information content (AvgIpc) is 2.41. The minimum absolute atomic E-state index is 0.550. The molecule has 1 aromatic rings. The van der Waals surface area contributed by atoms with Crippen LogP contribution >= 0.6 is 0 Å². The maximum absolute atomic E-state index is 4.32. The maximum Gasteiger partial charge on any atom is 0.142 e. The Labute approximate surface area is 110 Å². The highest BCUT2D eigenvalue weighted by atomic mass is 15.2. The normalized spacial score (nSPS) is 27.1. The number of aromatic nitrogens is 2. The average molecular weight is 248 g/mol. The molecule has 1 saturated heterocycles. The van der Waals surface area contributed by atoms with Crippen molar-refractivity contribution in [2.45, 2.75) is 45.8 Å². The molecule has 1 N–H and O–H groups in total. The molecule has 4 nitrogen and oxygen atoms in total. The van der Waals surface area contributed by atoms with E-state index in [-0.39, 0.29) is 0 Å². The lowest BCUT2D eigenvalue weighted by Crippen LogP contribution is -2.57. The van der Waals surface area contributed by atoms with E-state index in [1.54, 1.807) is 0 Å². The van der Waals surface area contributed by atoms with Gasteiger partial charge in [-0.1, -0.05) is 20.3 Å². The quantitative estimate of drug-likeness (QED) is 0.880. The third-order valence-corrected chi connectivity index (χ3v) is 4.02. The van der Waals surface area contributed by atoms with Gasteiger partial charge in [-0.25, -0.2) is 9.97 Å². The molecular weight excluding hydrogens is 224 g/mol. The second-order valence-corrected chi connectivity index (χ2v) is 5.34. The van der Waals surface area contributed by atoms with Gasteiger partial charge in [0.25, 0.3) is 0 Å². The molecule has 3 unspecified atom stereocenters. The summed E-state index contributed by atoms with van der Waals surface area (Å²) in [4.78, 5) is 11.1. The Bertz CT molecular complexity index is 354. The second-order valence-electron chi connectivity index (χ2n) is 5.34. The van der Waals surface area contributed by atoms with E-state index in [0.29, 0.717) is 12.1 Å². The van der Waals surface area contributed by atoms with E-state index in [4.69, 9.17) is 0 Å². The Hall–Kier alpha value is -1.00. The summed E-state index contributed by atoms with van der Waals surface area (Å²) in [6.07, 6.45) is 4.87. The van der Waals surface area contributed by atoms with Crippen LogP contribution in [0.5, 0.6) is 0 Å². The van der Waals surface area contributed by atoms with E-state index in [0.717, 1.165) is 31.4 Å². The topological polar surface area (TPSA) is 41.1 Å². The summed E-state index contributed by atoms with van der Waals surface area (Å²) < 4.78 is 0. The van der Waals surface area contributed by atoms with Gasteiger partial charge in [-0.05, 0) is 18.9 Å². The van der Waals surface area contributed by atoms with Gasteiger partial charge in [0.15, 0.2) is 0 Å². The highest BCUT2D eigenvalue weighted by Gasteiger charge is 2.27. The lowest BCUT2D eigenvalue weighted by Gasteiger charge is -2.40. The fraction of sp³-hybridized carbons (Fsp3) is 0.714. The zero-order valence-electron chi connectivity index (χ0n) is 11.6. The monoisotopic (exact) mass is 248 g/mol. The van der Waals surface area contributed by atoms with Gasteiger partial charge in [0.05, 0.1) is 6.54 Å². The van der Waals surface area contributed by atoms with Crippen LogP contribution in [0.25, 0.3) is 0 Å². The molecule has 0 bridgehead atoms. The van der Waals surface area contributed by atoms with Crippen molar-refractivity contribution in [1.82, 2.24) is 20.2 Å². The molecule has 2 heterocycles. The molecule has 0 radical (unpaired) electrons. The Morgan fingerprint density at radius 3 is 2.83 bits per heavy atom. The Morgan fingerprint density at radius 2 is 2.17 bits per heavy atom. The molecular formula is C14H24N4. The van der Waals surface area contributed by atoms with Gasteiger partial charge in [0.1, 0.15) is 5.82 Å². The first kappa shape index (κ1) is 13.4. The van der Waals surface area contributed by atoms with Gasteiger partial charge < -0.3 is 5.32 Å². The van der Waals surface area contributed by atoms with E-state index in [2.05, 4.69) is 41.0 Å². The summed E-state index contributed by atoms with van der Waals surface area (Å²) in [6, 6.07) is 3.01. The van der Waals surface area contributed by atoms with Gasteiger partial charge in [0, 0.05) is 37.6 Å². The molecule has 0 aliphatic carbocycles. The largest absolute Gasteiger partial charge is 0.311 e. The molecule has 0 aromatic carbocycles. The maximum atomic E-state index is 4.32. The molecule has 18 heavy (non-hydrogen) atoms. The van der Waals surface area contributed by atoms with Crippen molar-refractivity contribution in [3.8, 4) is 0 Å². The molecule has 1 aliphatic rings. The van der Waals surface area contributed by atoms with Crippen LogP contribution in [0, 0.1) is 5.92 Å². The van der Waals surface area contributed by atoms with Gasteiger partial charge >= 0.3 is 0 Å². The van der Waals surface area contributed by atoms with Crippen molar-refractivity contribution in [2.24, 2.45) is 5.92 Å². The van der Waals surface area contributed by atoms with Crippen LogP contribution in [0.2, 0.25) is 0 Å². The van der Waals surface area contributed by atoms with Crippen LogP contribution in [-0.2, 0) is 6.54 Å². The SMILES string of the molecule is CCC(C)C1CN(Cc2ncccn2)C(C)CN1. The molecule has 4 heteroatoms. The fourth-order valence-corrected chi connectivity index (χ4v) is 2.43. The molecule has 0 saturated carbocycles. The molecule has 1 fully saturated rings. The predicted molar refractivity (Wildman–Crippen MR) is 73.1 cm³/mol. The second kappa shape index (κ2) is 6.25. The van der Waals surface area contributed by atoms with E-state index in [1.807, 2.05) is 18.5 Å². The minimum atomic E-state index is 0.550. The fourth-order valence-electron chi connectivity index (χ4n) is 2.43. The van der Waals surface area contributed by atoms with Crippen LogP contribution in [0.15, 0.2) is 18.5 Å². The van der Waals surface area contributed by atoms with Gasteiger partial charge in [-0.15, -0.1) is 0 Å². The number of hydrogen-bond donors (Lipinski definition) is 1. The summed E-state index contributed by atoms with van der Waals surface area (Å²) >= 11 is 0. The van der Waals surface area contributed by atoms with Crippen LogP contribution in [0.1, 0.15) is 33.0 Å². The Kier molecular flexibility index (Phi) is 4.66. The highest BCUT2D eigenvalue weighted by Crippen LogP contribution is 2.16. The van der Waals surface area contributed by atoms with E-state index in [9.17, 15) is 0 Å². The molecule has 1 aliphatic heterocycles. The van der Waals surface area contributed by atoms with Crippen LogP contribution < -0.4 is 5.32 Å². The predicted octanol–water partition coefficient (Wildman–Crippen LogP) is 1.68. The molecule has 1 aromatic heterocycles. The van der Waals surface area contributed by atoms with Gasteiger partial charge in [-0.3, -0.25) is 4.90 Å². The molecule has 2 rings (SSSR count). The molecule has 0 amide bonds. The lowest BCUT2D eigenvalue weighted by atomic mass is 9.96. The summed E-state index contributed by atoms with van der Waals surface area (Å²) in [5.74, 6) is 1.64.